The van der Waals surface area contributed by atoms with Crippen LogP contribution < -0.4 is 0 Å². The summed E-state index contributed by atoms with van der Waals surface area (Å²) >= 11 is 3.26. The van der Waals surface area contributed by atoms with Gasteiger partial charge in [0.1, 0.15) is 5.75 Å². The molecule has 0 radical (unpaired) electrons. The molecule has 0 aromatic heterocycles. The SMILES string of the molecule is CC(C)(C)c1cc(C#CCBr)ccc1O. The first kappa shape index (κ1) is 12.1. The van der Waals surface area contributed by atoms with Gasteiger partial charge in [-0.05, 0) is 23.6 Å². The molecule has 0 spiro atoms. The molecular weight excluding hydrogens is 252 g/mol. The monoisotopic (exact) mass is 266 g/mol. The van der Waals surface area contributed by atoms with Crippen LogP contribution in [0.25, 0.3) is 0 Å². The van der Waals surface area contributed by atoms with Gasteiger partial charge in [0, 0.05) is 11.1 Å². The molecule has 0 unspecified atom stereocenters. The van der Waals surface area contributed by atoms with Crippen LogP contribution in [0.2, 0.25) is 0 Å². The quantitative estimate of drug-likeness (QED) is 0.564. The lowest BCUT2D eigenvalue weighted by Gasteiger charge is -2.20. The van der Waals surface area contributed by atoms with Gasteiger partial charge in [0.05, 0.1) is 5.33 Å². The highest BCUT2D eigenvalue weighted by atomic mass is 79.9. The third-order valence-electron chi connectivity index (χ3n) is 2.10. The van der Waals surface area contributed by atoms with Gasteiger partial charge in [-0.2, -0.15) is 0 Å². The van der Waals surface area contributed by atoms with Gasteiger partial charge >= 0.3 is 0 Å². The number of hydrogen-bond donors (Lipinski definition) is 1. The standard InChI is InChI=1S/C13H15BrO/c1-13(2,3)11-9-10(5-4-8-14)6-7-12(11)15/h6-7,9,15H,8H2,1-3H3. The van der Waals surface area contributed by atoms with E-state index in [0.29, 0.717) is 11.1 Å². The first-order chi connectivity index (χ1) is 6.95. The fraction of sp³-hybridized carbons (Fsp3) is 0.385. The van der Waals surface area contributed by atoms with Crippen LogP contribution >= 0.6 is 15.9 Å². The van der Waals surface area contributed by atoms with Crippen molar-refractivity contribution in [3.63, 3.8) is 0 Å². The first-order valence-electron chi connectivity index (χ1n) is 4.83. The Morgan fingerprint density at radius 3 is 2.53 bits per heavy atom. The highest BCUT2D eigenvalue weighted by Gasteiger charge is 2.17. The van der Waals surface area contributed by atoms with Crippen molar-refractivity contribution in [2.24, 2.45) is 0 Å². The summed E-state index contributed by atoms with van der Waals surface area (Å²) in [5, 5.41) is 10.4. The van der Waals surface area contributed by atoms with Crippen molar-refractivity contribution in [3.05, 3.63) is 29.3 Å². The van der Waals surface area contributed by atoms with Crippen molar-refractivity contribution < 1.29 is 5.11 Å². The van der Waals surface area contributed by atoms with Gasteiger partial charge in [0.25, 0.3) is 0 Å². The Hall–Kier alpha value is -0.940. The molecule has 0 saturated carbocycles. The molecule has 0 aliphatic heterocycles. The van der Waals surface area contributed by atoms with Gasteiger partial charge < -0.3 is 5.11 Å². The molecule has 0 heterocycles. The van der Waals surface area contributed by atoms with Crippen molar-refractivity contribution >= 4 is 15.9 Å². The number of alkyl halides is 1. The normalized spacial score (nSPS) is 10.7. The second-order valence-corrected chi connectivity index (χ2v) is 4.98. The minimum absolute atomic E-state index is 0.0593. The van der Waals surface area contributed by atoms with E-state index in [-0.39, 0.29) is 5.41 Å². The number of phenols is 1. The molecule has 1 rings (SSSR count). The molecule has 1 N–H and O–H groups in total. The predicted octanol–water partition coefficient (Wildman–Crippen LogP) is 3.44. The van der Waals surface area contributed by atoms with Crippen molar-refractivity contribution in [3.8, 4) is 17.6 Å². The third kappa shape index (κ3) is 3.28. The zero-order valence-electron chi connectivity index (χ0n) is 9.26. The largest absolute Gasteiger partial charge is 0.508 e. The number of aromatic hydroxyl groups is 1. The zero-order valence-corrected chi connectivity index (χ0v) is 10.9. The Morgan fingerprint density at radius 1 is 1.33 bits per heavy atom. The van der Waals surface area contributed by atoms with Crippen molar-refractivity contribution in [2.45, 2.75) is 26.2 Å². The number of phenolic OH excluding ortho intramolecular Hbond substituents is 1. The second-order valence-electron chi connectivity index (χ2n) is 4.42. The fourth-order valence-electron chi connectivity index (χ4n) is 1.35. The smallest absolute Gasteiger partial charge is 0.119 e. The van der Waals surface area contributed by atoms with E-state index < -0.39 is 0 Å². The molecule has 0 bridgehead atoms. The molecule has 1 aromatic rings. The van der Waals surface area contributed by atoms with E-state index >= 15 is 0 Å². The van der Waals surface area contributed by atoms with Gasteiger partial charge in [-0.1, -0.05) is 48.5 Å². The number of benzene rings is 1. The minimum Gasteiger partial charge on any atom is -0.508 e. The van der Waals surface area contributed by atoms with Gasteiger partial charge in [-0.3, -0.25) is 0 Å². The molecule has 0 aliphatic carbocycles. The van der Waals surface area contributed by atoms with Crippen LogP contribution in [0.15, 0.2) is 18.2 Å². The number of hydrogen-bond acceptors (Lipinski definition) is 1. The van der Waals surface area contributed by atoms with Gasteiger partial charge in [0.15, 0.2) is 0 Å². The zero-order chi connectivity index (χ0) is 11.5. The lowest BCUT2D eigenvalue weighted by molar-refractivity contribution is 0.446. The van der Waals surface area contributed by atoms with E-state index in [1.807, 2.05) is 12.1 Å². The van der Waals surface area contributed by atoms with E-state index in [9.17, 15) is 5.11 Å². The molecular formula is C13H15BrO. The summed E-state index contributed by atoms with van der Waals surface area (Å²) in [6.45, 7) is 6.22. The first-order valence-corrected chi connectivity index (χ1v) is 5.95. The van der Waals surface area contributed by atoms with Crippen LogP contribution in [0.5, 0.6) is 5.75 Å². The minimum atomic E-state index is -0.0593. The van der Waals surface area contributed by atoms with Crippen LogP contribution in [0.4, 0.5) is 0 Å². The van der Waals surface area contributed by atoms with E-state index in [4.69, 9.17) is 0 Å². The molecule has 2 heteroatoms. The van der Waals surface area contributed by atoms with E-state index in [1.54, 1.807) is 6.07 Å². The summed E-state index contributed by atoms with van der Waals surface area (Å²) in [5.41, 5.74) is 1.82. The van der Waals surface area contributed by atoms with Gasteiger partial charge in [-0.25, -0.2) is 0 Å². The van der Waals surface area contributed by atoms with E-state index in [2.05, 4.69) is 48.5 Å². The average Bonchev–Trinajstić information content (AvgIpc) is 2.15. The third-order valence-corrected chi connectivity index (χ3v) is 2.38. The lowest BCUT2D eigenvalue weighted by atomic mass is 9.85. The maximum absolute atomic E-state index is 9.74. The van der Waals surface area contributed by atoms with Crippen LogP contribution in [-0.4, -0.2) is 10.4 Å². The highest BCUT2D eigenvalue weighted by molar-refractivity contribution is 9.09. The topological polar surface area (TPSA) is 20.2 Å². The Bertz CT molecular complexity index is 405. The maximum atomic E-state index is 9.74. The number of halogens is 1. The summed E-state index contributed by atoms with van der Waals surface area (Å²) < 4.78 is 0. The van der Waals surface area contributed by atoms with Crippen molar-refractivity contribution in [1.29, 1.82) is 0 Å². The average molecular weight is 267 g/mol. The highest BCUT2D eigenvalue weighted by Crippen LogP contribution is 2.30. The van der Waals surface area contributed by atoms with Gasteiger partial charge in [0.2, 0.25) is 0 Å². The second kappa shape index (κ2) is 4.72. The Balaban J connectivity index is 3.17. The summed E-state index contributed by atoms with van der Waals surface area (Å²) in [6.07, 6.45) is 0. The molecule has 0 fully saturated rings. The number of rotatable bonds is 0. The van der Waals surface area contributed by atoms with Crippen molar-refractivity contribution in [2.75, 3.05) is 5.33 Å². The van der Waals surface area contributed by atoms with Crippen molar-refractivity contribution in [1.82, 2.24) is 0 Å². The Kier molecular flexibility index (Phi) is 3.82. The summed E-state index contributed by atoms with van der Waals surface area (Å²) in [5.74, 6) is 6.31. The Labute approximate surface area is 99.6 Å². The van der Waals surface area contributed by atoms with E-state index in [0.717, 1.165) is 11.1 Å². The Morgan fingerprint density at radius 2 is 2.00 bits per heavy atom. The molecule has 0 atom stereocenters. The molecule has 1 nitrogen and oxygen atoms in total. The van der Waals surface area contributed by atoms with Gasteiger partial charge in [-0.15, -0.1) is 0 Å². The van der Waals surface area contributed by atoms with Crippen LogP contribution in [0, 0.1) is 11.8 Å². The molecule has 0 saturated heterocycles. The molecule has 80 valence electrons. The summed E-state index contributed by atoms with van der Waals surface area (Å²) in [7, 11) is 0. The maximum Gasteiger partial charge on any atom is 0.119 e. The fourth-order valence-corrected chi connectivity index (χ4v) is 1.49. The molecule has 0 amide bonds. The summed E-state index contributed by atoms with van der Waals surface area (Å²) in [6, 6.07) is 5.49. The van der Waals surface area contributed by atoms with Crippen LogP contribution in [0.3, 0.4) is 0 Å². The van der Waals surface area contributed by atoms with Crippen LogP contribution in [-0.2, 0) is 5.41 Å². The lowest BCUT2D eigenvalue weighted by Crippen LogP contribution is -2.11. The molecule has 15 heavy (non-hydrogen) atoms. The van der Waals surface area contributed by atoms with Crippen LogP contribution in [0.1, 0.15) is 31.9 Å². The van der Waals surface area contributed by atoms with E-state index in [1.165, 1.54) is 0 Å². The molecule has 1 aromatic carbocycles. The summed E-state index contributed by atoms with van der Waals surface area (Å²) in [4.78, 5) is 0. The molecule has 0 aliphatic rings. The predicted molar refractivity (Wildman–Crippen MR) is 67.5 cm³/mol.